The summed E-state index contributed by atoms with van der Waals surface area (Å²) in [5, 5.41) is 3.24. The molecule has 3 rings (SSSR count). The summed E-state index contributed by atoms with van der Waals surface area (Å²) in [5.74, 6) is 1.31. The molecule has 1 N–H and O–H groups in total. The molecule has 0 aliphatic heterocycles. The van der Waals surface area contributed by atoms with Gasteiger partial charge in [0.05, 0.1) is 26.5 Å². The van der Waals surface area contributed by atoms with Crippen LogP contribution in [0.15, 0.2) is 47.4 Å². The second kappa shape index (κ2) is 6.62. The summed E-state index contributed by atoms with van der Waals surface area (Å²) in [6, 6.07) is 10.9. The molecule has 2 aromatic heterocycles. The Labute approximate surface area is 139 Å². The number of aromatic nitrogens is 2. The van der Waals surface area contributed by atoms with E-state index in [0.717, 1.165) is 11.3 Å². The first-order valence-corrected chi connectivity index (χ1v) is 7.55. The van der Waals surface area contributed by atoms with Gasteiger partial charge in [-0.2, -0.15) is 0 Å². The van der Waals surface area contributed by atoms with Gasteiger partial charge >= 0.3 is 0 Å². The topological polar surface area (TPSA) is 64.9 Å². The van der Waals surface area contributed by atoms with Crippen molar-refractivity contribution in [3.8, 4) is 11.5 Å². The SMILES string of the molecule is COc1ccc(NCc2cc(=O)n3cc(C)ccc3n2)cc1OC. The van der Waals surface area contributed by atoms with Gasteiger partial charge in [0.25, 0.3) is 5.56 Å². The summed E-state index contributed by atoms with van der Waals surface area (Å²) in [7, 11) is 3.19. The van der Waals surface area contributed by atoms with Crippen LogP contribution in [-0.4, -0.2) is 23.6 Å². The van der Waals surface area contributed by atoms with Gasteiger partial charge in [0, 0.05) is 24.0 Å². The zero-order valence-corrected chi connectivity index (χ0v) is 13.9. The van der Waals surface area contributed by atoms with Crippen LogP contribution in [0.25, 0.3) is 5.65 Å². The van der Waals surface area contributed by atoms with Crippen LogP contribution in [0.1, 0.15) is 11.3 Å². The summed E-state index contributed by atoms with van der Waals surface area (Å²) < 4.78 is 12.1. The van der Waals surface area contributed by atoms with Gasteiger partial charge in [0.1, 0.15) is 5.65 Å². The number of fused-ring (bicyclic) bond motifs is 1. The van der Waals surface area contributed by atoms with Crippen molar-refractivity contribution in [3.05, 3.63) is 64.2 Å². The van der Waals surface area contributed by atoms with Gasteiger partial charge in [0.2, 0.25) is 0 Å². The average Bonchev–Trinajstić information content (AvgIpc) is 2.60. The van der Waals surface area contributed by atoms with Gasteiger partial charge in [-0.05, 0) is 30.7 Å². The third-order valence-corrected chi connectivity index (χ3v) is 3.72. The van der Waals surface area contributed by atoms with E-state index in [4.69, 9.17) is 9.47 Å². The fourth-order valence-corrected chi connectivity index (χ4v) is 2.49. The molecule has 124 valence electrons. The number of anilines is 1. The molecule has 0 unspecified atom stereocenters. The van der Waals surface area contributed by atoms with Crippen LogP contribution < -0.4 is 20.3 Å². The van der Waals surface area contributed by atoms with Gasteiger partial charge in [-0.3, -0.25) is 9.20 Å². The molecule has 0 atom stereocenters. The van der Waals surface area contributed by atoms with E-state index < -0.39 is 0 Å². The highest BCUT2D eigenvalue weighted by Gasteiger charge is 2.06. The molecule has 0 aliphatic rings. The molecule has 2 heterocycles. The minimum Gasteiger partial charge on any atom is -0.493 e. The summed E-state index contributed by atoms with van der Waals surface area (Å²) in [5.41, 5.74) is 3.10. The number of benzene rings is 1. The zero-order chi connectivity index (χ0) is 17.1. The van der Waals surface area contributed by atoms with Crippen LogP contribution >= 0.6 is 0 Å². The quantitative estimate of drug-likeness (QED) is 0.781. The van der Waals surface area contributed by atoms with Crippen molar-refractivity contribution >= 4 is 11.3 Å². The number of aryl methyl sites for hydroxylation is 1. The fraction of sp³-hybridized carbons (Fsp3) is 0.222. The highest BCUT2D eigenvalue weighted by atomic mass is 16.5. The highest BCUT2D eigenvalue weighted by Crippen LogP contribution is 2.29. The van der Waals surface area contributed by atoms with Crippen LogP contribution in [0, 0.1) is 6.92 Å². The lowest BCUT2D eigenvalue weighted by atomic mass is 10.2. The Bertz CT molecular complexity index is 934. The molecule has 0 radical (unpaired) electrons. The lowest BCUT2D eigenvalue weighted by molar-refractivity contribution is 0.355. The van der Waals surface area contributed by atoms with Gasteiger partial charge in [-0.1, -0.05) is 6.07 Å². The highest BCUT2D eigenvalue weighted by molar-refractivity contribution is 5.55. The van der Waals surface area contributed by atoms with Crippen molar-refractivity contribution < 1.29 is 9.47 Å². The Morgan fingerprint density at radius 3 is 2.62 bits per heavy atom. The minimum absolute atomic E-state index is 0.0900. The first kappa shape index (κ1) is 15.9. The lowest BCUT2D eigenvalue weighted by Gasteiger charge is -2.11. The Morgan fingerprint density at radius 2 is 1.88 bits per heavy atom. The second-order valence-electron chi connectivity index (χ2n) is 5.44. The molecule has 1 aromatic carbocycles. The molecule has 24 heavy (non-hydrogen) atoms. The molecule has 0 bridgehead atoms. The van der Waals surface area contributed by atoms with E-state index >= 15 is 0 Å². The largest absolute Gasteiger partial charge is 0.493 e. The summed E-state index contributed by atoms with van der Waals surface area (Å²) in [6.45, 7) is 2.38. The number of hydrogen-bond donors (Lipinski definition) is 1. The third-order valence-electron chi connectivity index (χ3n) is 3.72. The number of nitrogens with zero attached hydrogens (tertiary/aromatic N) is 2. The summed E-state index contributed by atoms with van der Waals surface area (Å²) in [6.07, 6.45) is 1.79. The van der Waals surface area contributed by atoms with Crippen LogP contribution in [0.5, 0.6) is 11.5 Å². The zero-order valence-electron chi connectivity index (χ0n) is 13.9. The van der Waals surface area contributed by atoms with E-state index in [9.17, 15) is 4.79 Å². The molecule has 0 spiro atoms. The Morgan fingerprint density at radius 1 is 1.08 bits per heavy atom. The number of pyridine rings is 1. The Balaban J connectivity index is 1.83. The van der Waals surface area contributed by atoms with Crippen molar-refractivity contribution in [1.82, 2.24) is 9.38 Å². The van der Waals surface area contributed by atoms with E-state index in [-0.39, 0.29) is 5.56 Å². The van der Waals surface area contributed by atoms with Gasteiger partial charge in [-0.15, -0.1) is 0 Å². The standard InChI is InChI=1S/C18H19N3O3/c1-12-4-7-17-20-14(9-18(22)21(17)11-12)10-19-13-5-6-15(23-2)16(8-13)24-3/h4-9,11,19H,10H2,1-3H3. The molecular formula is C18H19N3O3. The predicted molar refractivity (Wildman–Crippen MR) is 93.1 cm³/mol. The van der Waals surface area contributed by atoms with Crippen molar-refractivity contribution in [2.45, 2.75) is 13.5 Å². The summed E-state index contributed by atoms with van der Waals surface area (Å²) in [4.78, 5) is 16.7. The molecule has 6 nitrogen and oxygen atoms in total. The molecule has 0 fully saturated rings. The number of rotatable bonds is 5. The van der Waals surface area contributed by atoms with Crippen molar-refractivity contribution in [1.29, 1.82) is 0 Å². The molecule has 0 amide bonds. The minimum atomic E-state index is -0.0900. The maximum absolute atomic E-state index is 12.2. The normalized spacial score (nSPS) is 10.6. The van der Waals surface area contributed by atoms with Gasteiger partial charge in [0.15, 0.2) is 11.5 Å². The number of hydrogen-bond acceptors (Lipinski definition) is 5. The van der Waals surface area contributed by atoms with E-state index in [1.165, 1.54) is 0 Å². The van der Waals surface area contributed by atoms with Crippen LogP contribution in [-0.2, 0) is 6.54 Å². The Kier molecular flexibility index (Phi) is 4.37. The molecule has 0 saturated carbocycles. The fourth-order valence-electron chi connectivity index (χ4n) is 2.49. The first-order chi connectivity index (χ1) is 11.6. The number of methoxy groups -OCH3 is 2. The van der Waals surface area contributed by atoms with Gasteiger partial charge < -0.3 is 14.8 Å². The van der Waals surface area contributed by atoms with Crippen molar-refractivity contribution in [2.75, 3.05) is 19.5 Å². The smallest absolute Gasteiger partial charge is 0.258 e. The van der Waals surface area contributed by atoms with Crippen LogP contribution in [0.4, 0.5) is 5.69 Å². The number of nitrogens with one attached hydrogen (secondary N) is 1. The molecule has 0 aliphatic carbocycles. The molecule has 0 saturated heterocycles. The van der Waals surface area contributed by atoms with E-state index in [1.54, 1.807) is 30.9 Å². The third kappa shape index (κ3) is 3.17. The van der Waals surface area contributed by atoms with Gasteiger partial charge in [-0.25, -0.2) is 4.98 Å². The second-order valence-corrected chi connectivity index (χ2v) is 5.44. The average molecular weight is 325 g/mol. The molecular weight excluding hydrogens is 306 g/mol. The maximum Gasteiger partial charge on any atom is 0.258 e. The Hall–Kier alpha value is -3.02. The van der Waals surface area contributed by atoms with Crippen LogP contribution in [0.3, 0.4) is 0 Å². The lowest BCUT2D eigenvalue weighted by Crippen LogP contribution is -2.17. The van der Waals surface area contributed by atoms with E-state index in [0.29, 0.717) is 29.4 Å². The van der Waals surface area contributed by atoms with E-state index in [2.05, 4.69) is 10.3 Å². The van der Waals surface area contributed by atoms with Crippen molar-refractivity contribution in [2.24, 2.45) is 0 Å². The first-order valence-electron chi connectivity index (χ1n) is 7.55. The predicted octanol–water partition coefficient (Wildman–Crippen LogP) is 2.63. The van der Waals surface area contributed by atoms with Crippen molar-refractivity contribution in [3.63, 3.8) is 0 Å². The van der Waals surface area contributed by atoms with E-state index in [1.807, 2.05) is 37.3 Å². The molecule has 3 aromatic rings. The van der Waals surface area contributed by atoms with Crippen LogP contribution in [0.2, 0.25) is 0 Å². The summed E-state index contributed by atoms with van der Waals surface area (Å²) >= 11 is 0. The molecule has 6 heteroatoms. The maximum atomic E-state index is 12.2. The number of ether oxygens (including phenoxy) is 2. The monoisotopic (exact) mass is 325 g/mol.